The molecule has 0 fully saturated rings. The van der Waals surface area contributed by atoms with Crippen molar-refractivity contribution in [3.63, 3.8) is 0 Å². The van der Waals surface area contributed by atoms with E-state index >= 15 is 0 Å². The molecular weight excluding hydrogens is 278 g/mol. The lowest BCUT2D eigenvalue weighted by Gasteiger charge is -2.00. The molecule has 82 valence electrons. The lowest BCUT2D eigenvalue weighted by Crippen LogP contribution is -2.01. The zero-order valence-electron chi connectivity index (χ0n) is 8.85. The van der Waals surface area contributed by atoms with E-state index in [9.17, 15) is 4.79 Å². The first-order chi connectivity index (χ1) is 8.25. The number of hydrogen-bond donors (Lipinski definition) is 0. The number of aromatic nitrogens is 1. The van der Waals surface area contributed by atoms with Crippen molar-refractivity contribution in [2.45, 2.75) is 0 Å². The topological polar surface area (TPSA) is 30.0 Å². The van der Waals surface area contributed by atoms with E-state index in [4.69, 9.17) is 0 Å². The molecule has 2 nitrogen and oxygen atoms in total. The van der Waals surface area contributed by atoms with Crippen LogP contribution in [0.1, 0.15) is 0 Å². The van der Waals surface area contributed by atoms with E-state index in [1.807, 2.05) is 36.4 Å². The Balaban J connectivity index is 2.51. The fraction of sp³-hybridized carbons (Fsp3) is 0. The summed E-state index contributed by atoms with van der Waals surface area (Å²) in [5, 5.41) is 1.06. The Morgan fingerprint density at radius 2 is 1.76 bits per heavy atom. The fourth-order valence-corrected chi connectivity index (χ4v) is 2.32. The van der Waals surface area contributed by atoms with Gasteiger partial charge in [0, 0.05) is 10.9 Å². The van der Waals surface area contributed by atoms with E-state index < -0.39 is 0 Å². The van der Waals surface area contributed by atoms with Crippen molar-refractivity contribution in [1.82, 2.24) is 4.98 Å². The number of hydrogen-bond acceptors (Lipinski definition) is 2. The highest BCUT2D eigenvalue weighted by Crippen LogP contribution is 2.26. The summed E-state index contributed by atoms with van der Waals surface area (Å²) < 4.78 is 0.572. The van der Waals surface area contributed by atoms with E-state index in [1.165, 1.54) is 6.07 Å². The van der Waals surface area contributed by atoms with Gasteiger partial charge in [-0.15, -0.1) is 0 Å². The summed E-state index contributed by atoms with van der Waals surface area (Å²) in [5.41, 5.74) is 2.56. The molecule has 1 aromatic rings. The SMILES string of the molecule is O=c1ccc2nc3ccccc3ccc-2c1Br. The van der Waals surface area contributed by atoms with Crippen LogP contribution in [0, 0.1) is 0 Å². The Morgan fingerprint density at radius 3 is 2.65 bits per heavy atom. The van der Waals surface area contributed by atoms with E-state index in [-0.39, 0.29) is 5.43 Å². The van der Waals surface area contributed by atoms with Gasteiger partial charge in [-0.3, -0.25) is 4.79 Å². The minimum atomic E-state index is -0.0189. The van der Waals surface area contributed by atoms with Gasteiger partial charge in [0.25, 0.3) is 0 Å². The van der Waals surface area contributed by atoms with Gasteiger partial charge in [-0.05, 0) is 34.1 Å². The summed E-state index contributed by atoms with van der Waals surface area (Å²) in [5.74, 6) is 0. The maximum absolute atomic E-state index is 11.6. The van der Waals surface area contributed by atoms with Crippen molar-refractivity contribution >= 4 is 26.8 Å². The zero-order valence-corrected chi connectivity index (χ0v) is 10.4. The minimum absolute atomic E-state index is 0.0189. The molecule has 0 amide bonds. The standard InChI is InChI=1S/C14H8BrNO/c15-14-10-6-5-9-3-1-2-4-11(9)16-12(10)7-8-13(14)17/h1-8H. The first-order valence-electron chi connectivity index (χ1n) is 5.24. The third kappa shape index (κ3) is 1.72. The summed E-state index contributed by atoms with van der Waals surface area (Å²) in [6.07, 6.45) is 0. The van der Waals surface area contributed by atoms with Gasteiger partial charge in [0.1, 0.15) is 0 Å². The van der Waals surface area contributed by atoms with Gasteiger partial charge in [0.15, 0.2) is 5.43 Å². The van der Waals surface area contributed by atoms with Crippen LogP contribution in [0.4, 0.5) is 0 Å². The normalized spacial score (nSPS) is 10.9. The largest absolute Gasteiger partial charge is 0.289 e. The molecule has 0 unspecified atom stereocenters. The van der Waals surface area contributed by atoms with Crippen LogP contribution in [0.3, 0.4) is 0 Å². The maximum Gasteiger partial charge on any atom is 0.193 e. The Morgan fingerprint density at radius 1 is 0.941 bits per heavy atom. The van der Waals surface area contributed by atoms with Crippen molar-refractivity contribution in [3.05, 3.63) is 63.2 Å². The molecule has 0 N–H and O–H groups in total. The number of benzene rings is 2. The molecule has 1 aliphatic carbocycles. The van der Waals surface area contributed by atoms with Crippen molar-refractivity contribution in [1.29, 1.82) is 0 Å². The van der Waals surface area contributed by atoms with E-state index in [0.717, 1.165) is 22.2 Å². The Hall–Kier alpha value is -1.74. The minimum Gasteiger partial charge on any atom is -0.289 e. The summed E-state index contributed by atoms with van der Waals surface area (Å²) in [6, 6.07) is 15.1. The third-order valence-corrected chi connectivity index (χ3v) is 3.55. The molecule has 1 aromatic carbocycles. The van der Waals surface area contributed by atoms with E-state index in [1.54, 1.807) is 6.07 Å². The molecule has 0 spiro atoms. The molecule has 0 atom stereocenters. The Kier molecular flexibility index (Phi) is 2.41. The molecule has 0 aromatic heterocycles. The van der Waals surface area contributed by atoms with Crippen molar-refractivity contribution in [3.8, 4) is 11.3 Å². The van der Waals surface area contributed by atoms with Gasteiger partial charge in [-0.2, -0.15) is 0 Å². The number of fused-ring (bicyclic) bond motifs is 2. The Labute approximate surface area is 106 Å². The quantitative estimate of drug-likeness (QED) is 0.633. The second-order valence-electron chi connectivity index (χ2n) is 3.81. The number of para-hydroxylation sites is 1. The van der Waals surface area contributed by atoms with Crippen LogP contribution in [0.25, 0.3) is 22.2 Å². The molecule has 1 aliphatic heterocycles. The zero-order chi connectivity index (χ0) is 11.8. The average Bonchev–Trinajstić information content (AvgIpc) is 2.53. The predicted octanol–water partition coefficient (Wildman–Crippen LogP) is 3.46. The van der Waals surface area contributed by atoms with Gasteiger partial charge in [0.2, 0.25) is 0 Å². The van der Waals surface area contributed by atoms with Crippen molar-refractivity contribution in [2.24, 2.45) is 0 Å². The van der Waals surface area contributed by atoms with Crippen LogP contribution in [-0.2, 0) is 0 Å². The molecule has 0 saturated carbocycles. The van der Waals surface area contributed by atoms with Gasteiger partial charge in [-0.1, -0.05) is 30.3 Å². The van der Waals surface area contributed by atoms with E-state index in [2.05, 4.69) is 20.9 Å². The first-order valence-corrected chi connectivity index (χ1v) is 6.03. The lowest BCUT2D eigenvalue weighted by molar-refractivity contribution is 1.38. The summed E-state index contributed by atoms with van der Waals surface area (Å²) >= 11 is 3.32. The van der Waals surface area contributed by atoms with Crippen molar-refractivity contribution in [2.75, 3.05) is 0 Å². The van der Waals surface area contributed by atoms with Crippen LogP contribution in [0.15, 0.2) is 57.8 Å². The van der Waals surface area contributed by atoms with Gasteiger partial charge in [0.05, 0.1) is 15.7 Å². The highest BCUT2D eigenvalue weighted by Gasteiger charge is 2.09. The molecule has 3 rings (SSSR count). The molecule has 0 radical (unpaired) electrons. The van der Waals surface area contributed by atoms with Crippen molar-refractivity contribution < 1.29 is 0 Å². The summed E-state index contributed by atoms with van der Waals surface area (Å²) in [4.78, 5) is 16.1. The molecule has 3 heteroatoms. The summed E-state index contributed by atoms with van der Waals surface area (Å²) in [7, 11) is 0. The fourth-order valence-electron chi connectivity index (χ4n) is 1.85. The average molecular weight is 286 g/mol. The number of rotatable bonds is 0. The van der Waals surface area contributed by atoms with Crippen LogP contribution in [-0.4, -0.2) is 4.98 Å². The van der Waals surface area contributed by atoms with Crippen LogP contribution >= 0.6 is 15.9 Å². The molecule has 17 heavy (non-hydrogen) atoms. The maximum atomic E-state index is 11.6. The molecule has 1 heterocycles. The molecule has 0 saturated heterocycles. The molecular formula is C14H8BrNO. The summed E-state index contributed by atoms with van der Waals surface area (Å²) in [6.45, 7) is 0. The number of nitrogens with zero attached hydrogens (tertiary/aromatic N) is 1. The van der Waals surface area contributed by atoms with Crippen LogP contribution < -0.4 is 5.43 Å². The second kappa shape index (κ2) is 3.93. The molecule has 0 bridgehead atoms. The lowest BCUT2D eigenvalue weighted by atomic mass is 10.1. The van der Waals surface area contributed by atoms with E-state index in [0.29, 0.717) is 4.47 Å². The second-order valence-corrected chi connectivity index (χ2v) is 4.61. The first kappa shape index (κ1) is 10.4. The van der Waals surface area contributed by atoms with Crippen LogP contribution in [0.5, 0.6) is 0 Å². The van der Waals surface area contributed by atoms with Gasteiger partial charge in [-0.25, -0.2) is 4.98 Å². The number of halogens is 1. The predicted molar refractivity (Wildman–Crippen MR) is 72.3 cm³/mol. The Bertz CT molecular complexity index is 739. The smallest absolute Gasteiger partial charge is 0.193 e. The van der Waals surface area contributed by atoms with Crippen LogP contribution in [0.2, 0.25) is 0 Å². The highest BCUT2D eigenvalue weighted by molar-refractivity contribution is 9.10. The monoisotopic (exact) mass is 285 g/mol. The molecule has 2 aliphatic rings. The third-order valence-electron chi connectivity index (χ3n) is 2.73. The van der Waals surface area contributed by atoms with Gasteiger partial charge < -0.3 is 0 Å². The highest BCUT2D eigenvalue weighted by atomic mass is 79.9. The van der Waals surface area contributed by atoms with Gasteiger partial charge >= 0.3 is 0 Å².